The van der Waals surface area contributed by atoms with Crippen molar-refractivity contribution in [3.05, 3.63) is 12.2 Å². The van der Waals surface area contributed by atoms with E-state index in [-0.39, 0.29) is 0 Å². The number of rotatable bonds is 6. The predicted molar refractivity (Wildman–Crippen MR) is 65.9 cm³/mol. The van der Waals surface area contributed by atoms with E-state index in [4.69, 9.17) is 0 Å². The van der Waals surface area contributed by atoms with Crippen molar-refractivity contribution in [1.82, 2.24) is 4.90 Å². The summed E-state index contributed by atoms with van der Waals surface area (Å²) in [6, 6.07) is 0. The molecule has 2 rings (SSSR count). The Balaban J connectivity index is 1.66. The van der Waals surface area contributed by atoms with Crippen molar-refractivity contribution < 1.29 is 0 Å². The lowest BCUT2D eigenvalue weighted by molar-refractivity contribution is 0.250. The van der Waals surface area contributed by atoms with E-state index in [2.05, 4.69) is 31.0 Å². The summed E-state index contributed by atoms with van der Waals surface area (Å²) in [6.07, 6.45) is 11.9. The summed E-state index contributed by atoms with van der Waals surface area (Å²) in [4.78, 5) is 2.55. The van der Waals surface area contributed by atoms with Gasteiger partial charge < -0.3 is 4.90 Å². The van der Waals surface area contributed by atoms with Gasteiger partial charge in [-0.2, -0.15) is 0 Å². The molecule has 0 amide bonds. The Hall–Kier alpha value is -0.300. The number of fused-ring (bicyclic) bond motifs is 2. The van der Waals surface area contributed by atoms with Crippen LogP contribution in [0.15, 0.2) is 12.2 Å². The molecule has 1 saturated carbocycles. The molecule has 1 fully saturated rings. The summed E-state index contributed by atoms with van der Waals surface area (Å²) in [6.45, 7) is 4.90. The number of hydrogen-bond donors (Lipinski definition) is 0. The number of unbranched alkanes of at least 4 members (excludes halogenated alkanes) is 2. The van der Waals surface area contributed by atoms with Gasteiger partial charge in [-0.25, -0.2) is 0 Å². The lowest BCUT2D eigenvalue weighted by Gasteiger charge is -2.25. The van der Waals surface area contributed by atoms with Crippen LogP contribution in [-0.2, 0) is 0 Å². The molecule has 1 heteroatoms. The van der Waals surface area contributed by atoms with Crippen LogP contribution in [0.5, 0.6) is 0 Å². The first-order chi connectivity index (χ1) is 7.29. The van der Waals surface area contributed by atoms with Gasteiger partial charge in [0.05, 0.1) is 0 Å². The fourth-order valence-electron chi connectivity index (χ4n) is 3.23. The van der Waals surface area contributed by atoms with Gasteiger partial charge in [-0.05, 0) is 50.6 Å². The van der Waals surface area contributed by atoms with Gasteiger partial charge in [0, 0.05) is 6.54 Å². The van der Waals surface area contributed by atoms with Gasteiger partial charge in [0.2, 0.25) is 0 Å². The molecule has 0 N–H and O–H groups in total. The van der Waals surface area contributed by atoms with Gasteiger partial charge in [-0.15, -0.1) is 0 Å². The summed E-state index contributed by atoms with van der Waals surface area (Å²) >= 11 is 0. The van der Waals surface area contributed by atoms with E-state index in [1.165, 1.54) is 45.2 Å². The zero-order valence-electron chi connectivity index (χ0n) is 10.3. The van der Waals surface area contributed by atoms with Crippen molar-refractivity contribution in [3.8, 4) is 0 Å². The quantitative estimate of drug-likeness (QED) is 0.477. The van der Waals surface area contributed by atoms with Crippen LogP contribution in [0, 0.1) is 17.8 Å². The lowest BCUT2D eigenvalue weighted by Crippen LogP contribution is -2.28. The van der Waals surface area contributed by atoms with Crippen LogP contribution in [0.4, 0.5) is 0 Å². The Bertz CT molecular complexity index is 221. The molecule has 0 aromatic rings. The molecule has 0 radical (unpaired) electrons. The van der Waals surface area contributed by atoms with Gasteiger partial charge >= 0.3 is 0 Å². The highest BCUT2D eigenvalue weighted by molar-refractivity contribution is 5.10. The highest BCUT2D eigenvalue weighted by Gasteiger charge is 2.35. The molecule has 3 unspecified atom stereocenters. The molecule has 15 heavy (non-hydrogen) atoms. The zero-order chi connectivity index (χ0) is 10.7. The minimum absolute atomic E-state index is 0.920. The van der Waals surface area contributed by atoms with E-state index < -0.39 is 0 Å². The first-order valence-corrected chi connectivity index (χ1v) is 6.66. The van der Waals surface area contributed by atoms with Crippen LogP contribution >= 0.6 is 0 Å². The average Bonchev–Trinajstić information content (AvgIpc) is 2.79. The molecular formula is C14H25N. The highest BCUT2D eigenvalue weighted by atomic mass is 15.1. The number of allylic oxidation sites excluding steroid dienone is 2. The monoisotopic (exact) mass is 207 g/mol. The summed E-state index contributed by atoms with van der Waals surface area (Å²) in [5.74, 6) is 2.82. The molecule has 0 saturated heterocycles. The van der Waals surface area contributed by atoms with Gasteiger partial charge in [0.1, 0.15) is 0 Å². The van der Waals surface area contributed by atoms with Crippen molar-refractivity contribution >= 4 is 0 Å². The molecule has 2 aliphatic rings. The molecule has 0 aliphatic heterocycles. The van der Waals surface area contributed by atoms with Crippen LogP contribution in [-0.4, -0.2) is 25.0 Å². The minimum Gasteiger partial charge on any atom is -0.306 e. The SMILES string of the molecule is CCCCCN(C)CC1CC2C=CC1C2. The Kier molecular flexibility index (Phi) is 3.85. The molecule has 2 bridgehead atoms. The van der Waals surface area contributed by atoms with E-state index in [0.29, 0.717) is 0 Å². The third-order valence-corrected chi connectivity index (χ3v) is 4.11. The van der Waals surface area contributed by atoms with Crippen molar-refractivity contribution in [2.45, 2.75) is 39.0 Å². The first-order valence-electron chi connectivity index (χ1n) is 6.66. The van der Waals surface area contributed by atoms with E-state index in [1.807, 2.05) is 0 Å². The molecular weight excluding hydrogens is 182 g/mol. The Morgan fingerprint density at radius 2 is 2.07 bits per heavy atom. The topological polar surface area (TPSA) is 3.24 Å². The summed E-state index contributed by atoms with van der Waals surface area (Å²) in [5, 5.41) is 0. The molecule has 0 aromatic heterocycles. The molecule has 0 aromatic carbocycles. The van der Waals surface area contributed by atoms with E-state index >= 15 is 0 Å². The van der Waals surface area contributed by atoms with Gasteiger partial charge in [0.25, 0.3) is 0 Å². The predicted octanol–water partition coefficient (Wildman–Crippen LogP) is 3.32. The van der Waals surface area contributed by atoms with Crippen molar-refractivity contribution in [3.63, 3.8) is 0 Å². The first kappa shape index (κ1) is 11.2. The standard InChI is InChI=1S/C14H25N/c1-3-4-5-8-15(2)11-14-10-12-6-7-13(14)9-12/h6-7,12-14H,3-5,8-11H2,1-2H3. The minimum atomic E-state index is 0.920. The maximum absolute atomic E-state index is 2.55. The Labute approximate surface area is 94.5 Å². The Morgan fingerprint density at radius 1 is 1.20 bits per heavy atom. The lowest BCUT2D eigenvalue weighted by atomic mass is 9.93. The maximum Gasteiger partial charge on any atom is 0.00125 e. The van der Waals surface area contributed by atoms with E-state index in [0.717, 1.165) is 17.8 Å². The molecule has 3 atom stereocenters. The number of hydrogen-bond acceptors (Lipinski definition) is 1. The fraction of sp³-hybridized carbons (Fsp3) is 0.857. The highest BCUT2D eigenvalue weighted by Crippen LogP contribution is 2.43. The Morgan fingerprint density at radius 3 is 2.67 bits per heavy atom. The summed E-state index contributed by atoms with van der Waals surface area (Å²) < 4.78 is 0. The van der Waals surface area contributed by atoms with Crippen molar-refractivity contribution in [1.29, 1.82) is 0 Å². The van der Waals surface area contributed by atoms with E-state index in [9.17, 15) is 0 Å². The maximum atomic E-state index is 2.55. The fourth-order valence-corrected chi connectivity index (χ4v) is 3.23. The third kappa shape index (κ3) is 2.84. The second kappa shape index (κ2) is 5.16. The zero-order valence-corrected chi connectivity index (χ0v) is 10.3. The van der Waals surface area contributed by atoms with Crippen LogP contribution in [0.25, 0.3) is 0 Å². The average molecular weight is 207 g/mol. The summed E-state index contributed by atoms with van der Waals surface area (Å²) in [5.41, 5.74) is 0. The van der Waals surface area contributed by atoms with E-state index in [1.54, 1.807) is 0 Å². The van der Waals surface area contributed by atoms with Gasteiger partial charge in [0.15, 0.2) is 0 Å². The second-order valence-corrected chi connectivity index (χ2v) is 5.51. The second-order valence-electron chi connectivity index (χ2n) is 5.51. The van der Waals surface area contributed by atoms with Crippen LogP contribution < -0.4 is 0 Å². The van der Waals surface area contributed by atoms with Crippen LogP contribution in [0.2, 0.25) is 0 Å². The molecule has 2 aliphatic carbocycles. The van der Waals surface area contributed by atoms with Gasteiger partial charge in [-0.3, -0.25) is 0 Å². The molecule has 86 valence electrons. The largest absolute Gasteiger partial charge is 0.306 e. The smallest absolute Gasteiger partial charge is 0.00125 e. The number of nitrogens with zero attached hydrogens (tertiary/aromatic N) is 1. The van der Waals surface area contributed by atoms with Crippen LogP contribution in [0.1, 0.15) is 39.0 Å². The molecule has 0 heterocycles. The van der Waals surface area contributed by atoms with Crippen LogP contribution in [0.3, 0.4) is 0 Å². The van der Waals surface area contributed by atoms with Crippen molar-refractivity contribution in [2.24, 2.45) is 17.8 Å². The third-order valence-electron chi connectivity index (χ3n) is 4.11. The normalized spacial score (nSPS) is 33.1. The molecule has 0 spiro atoms. The van der Waals surface area contributed by atoms with Crippen molar-refractivity contribution in [2.75, 3.05) is 20.1 Å². The molecule has 1 nitrogen and oxygen atoms in total. The summed E-state index contributed by atoms with van der Waals surface area (Å²) in [7, 11) is 2.30. The van der Waals surface area contributed by atoms with Gasteiger partial charge in [-0.1, -0.05) is 31.9 Å².